The molecule has 0 aliphatic heterocycles. The zero-order valence-electron chi connectivity index (χ0n) is 16.4. The summed E-state index contributed by atoms with van der Waals surface area (Å²) in [4.78, 5) is 0. The summed E-state index contributed by atoms with van der Waals surface area (Å²) >= 11 is 0. The van der Waals surface area contributed by atoms with Gasteiger partial charge in [0.25, 0.3) is 0 Å². The number of benzene rings is 3. The maximum absolute atomic E-state index is 14.0. The fraction of sp³-hybridized carbons (Fsp3) is 0.292. The fourth-order valence-corrected chi connectivity index (χ4v) is 4.57. The molecule has 0 amide bonds. The van der Waals surface area contributed by atoms with Gasteiger partial charge in [0.2, 0.25) is 0 Å². The Kier molecular flexibility index (Phi) is 5.07. The number of hydrogen-bond acceptors (Lipinski definition) is 3. The minimum atomic E-state index is -4.37. The van der Waals surface area contributed by atoms with Crippen LogP contribution in [0, 0.1) is 17.2 Å². The maximum atomic E-state index is 14.0. The molecule has 0 spiro atoms. The number of phenols is 1. The van der Waals surface area contributed by atoms with Gasteiger partial charge in [0, 0.05) is 11.1 Å². The molecule has 0 fully saturated rings. The molecule has 3 nitrogen and oxygen atoms in total. The molecule has 3 aromatic carbocycles. The Morgan fingerprint density at radius 2 is 1.97 bits per heavy atom. The summed E-state index contributed by atoms with van der Waals surface area (Å²) in [5, 5.41) is 23.9. The molecule has 154 valence electrons. The molecular weight excluding hydrogens is 389 g/mol. The monoisotopic (exact) mass is 410 g/mol. The van der Waals surface area contributed by atoms with Gasteiger partial charge in [-0.05, 0) is 71.7 Å². The van der Waals surface area contributed by atoms with Crippen LogP contribution in [-0.4, -0.2) is 11.3 Å². The molecule has 0 aromatic heterocycles. The van der Waals surface area contributed by atoms with Gasteiger partial charge in [-0.25, -0.2) is 0 Å². The van der Waals surface area contributed by atoms with Crippen molar-refractivity contribution in [3.8, 4) is 11.8 Å². The van der Waals surface area contributed by atoms with Gasteiger partial charge in [-0.15, -0.1) is 0 Å². The highest BCUT2D eigenvalue weighted by atomic mass is 19.4. The second-order valence-electron chi connectivity index (χ2n) is 7.65. The molecule has 0 saturated carbocycles. The van der Waals surface area contributed by atoms with Gasteiger partial charge in [0.15, 0.2) is 0 Å². The number of alkyl halides is 3. The molecule has 1 aliphatic carbocycles. The summed E-state index contributed by atoms with van der Waals surface area (Å²) in [6.07, 6.45) is -3.56. The lowest BCUT2D eigenvalue weighted by molar-refractivity contribution is -0.182. The van der Waals surface area contributed by atoms with E-state index in [4.69, 9.17) is 0 Å². The lowest BCUT2D eigenvalue weighted by Crippen LogP contribution is -2.37. The predicted molar refractivity (Wildman–Crippen MR) is 110 cm³/mol. The van der Waals surface area contributed by atoms with E-state index in [1.54, 1.807) is 36.4 Å². The van der Waals surface area contributed by atoms with Crippen LogP contribution in [0.2, 0.25) is 0 Å². The Morgan fingerprint density at radius 1 is 1.17 bits per heavy atom. The van der Waals surface area contributed by atoms with E-state index in [0.717, 1.165) is 16.3 Å². The van der Waals surface area contributed by atoms with Crippen LogP contribution >= 0.6 is 0 Å². The number of anilines is 1. The van der Waals surface area contributed by atoms with Gasteiger partial charge in [-0.2, -0.15) is 18.4 Å². The number of rotatable bonds is 3. The third-order valence-electron chi connectivity index (χ3n) is 5.95. The van der Waals surface area contributed by atoms with Gasteiger partial charge in [0.1, 0.15) is 5.75 Å². The Morgan fingerprint density at radius 3 is 2.67 bits per heavy atom. The van der Waals surface area contributed by atoms with Crippen LogP contribution < -0.4 is 5.32 Å². The Bertz CT molecular complexity index is 1150. The van der Waals surface area contributed by atoms with Crippen molar-refractivity contribution < 1.29 is 18.3 Å². The molecule has 0 radical (unpaired) electrons. The first-order valence-electron chi connectivity index (χ1n) is 9.93. The maximum Gasteiger partial charge on any atom is 0.394 e. The second kappa shape index (κ2) is 7.56. The standard InChI is InChI=1S/C24H21F3N2O/c1-2-18-16(13-28)7-6-14-8-11-20(24(25,26)27)23(22(14)18)29-21-5-3-4-15-12-17(30)9-10-19(15)21/h3-7,9-10,12,20,23,29-30H,2,8,11H2,1H3. The second-order valence-corrected chi connectivity index (χ2v) is 7.65. The molecule has 4 rings (SSSR count). The number of hydrogen-bond donors (Lipinski definition) is 2. The number of nitrogens with one attached hydrogen (secondary N) is 1. The lowest BCUT2D eigenvalue weighted by Gasteiger charge is -2.37. The van der Waals surface area contributed by atoms with Crippen LogP contribution in [0.1, 0.15) is 41.6 Å². The molecule has 6 heteroatoms. The van der Waals surface area contributed by atoms with Crippen LogP contribution in [-0.2, 0) is 12.8 Å². The molecule has 30 heavy (non-hydrogen) atoms. The highest BCUT2D eigenvalue weighted by molar-refractivity contribution is 5.94. The molecule has 1 aliphatic rings. The van der Waals surface area contributed by atoms with Gasteiger partial charge >= 0.3 is 6.18 Å². The lowest BCUT2D eigenvalue weighted by atomic mass is 9.75. The van der Waals surface area contributed by atoms with Crippen LogP contribution in [0.3, 0.4) is 0 Å². The van der Waals surface area contributed by atoms with Crippen molar-refractivity contribution in [3.05, 3.63) is 70.8 Å². The van der Waals surface area contributed by atoms with E-state index in [-0.39, 0.29) is 12.2 Å². The van der Waals surface area contributed by atoms with Gasteiger partial charge in [-0.1, -0.05) is 25.1 Å². The van der Waals surface area contributed by atoms with Gasteiger partial charge in [0.05, 0.1) is 23.6 Å². The first-order valence-corrected chi connectivity index (χ1v) is 9.93. The smallest absolute Gasteiger partial charge is 0.394 e. The minimum Gasteiger partial charge on any atom is -0.508 e. The van der Waals surface area contributed by atoms with Crippen molar-refractivity contribution in [3.63, 3.8) is 0 Å². The number of aryl methyl sites for hydroxylation is 1. The van der Waals surface area contributed by atoms with E-state index >= 15 is 0 Å². The number of nitriles is 1. The summed E-state index contributed by atoms with van der Waals surface area (Å²) in [5.74, 6) is -1.46. The Hall–Kier alpha value is -3.20. The minimum absolute atomic E-state index is 0.00518. The number of aromatic hydroxyl groups is 1. The summed E-state index contributed by atoms with van der Waals surface area (Å²) in [6.45, 7) is 1.87. The first-order chi connectivity index (χ1) is 14.3. The zero-order valence-corrected chi connectivity index (χ0v) is 16.4. The predicted octanol–water partition coefficient (Wildman–Crippen LogP) is 6.26. The number of phenolic OH excluding ortho intramolecular Hbond substituents is 1. The third kappa shape index (κ3) is 3.45. The van der Waals surface area contributed by atoms with Gasteiger partial charge < -0.3 is 10.4 Å². The van der Waals surface area contributed by atoms with E-state index in [2.05, 4.69) is 11.4 Å². The average Bonchev–Trinajstić information content (AvgIpc) is 2.72. The first kappa shape index (κ1) is 20.1. The molecule has 0 saturated heterocycles. The van der Waals surface area contributed by atoms with Crippen molar-refractivity contribution in [1.29, 1.82) is 5.26 Å². The average molecular weight is 410 g/mol. The molecule has 2 N–H and O–H groups in total. The molecule has 3 aromatic rings. The van der Waals surface area contributed by atoms with Crippen LogP contribution in [0.25, 0.3) is 10.8 Å². The highest BCUT2D eigenvalue weighted by Gasteiger charge is 2.48. The van der Waals surface area contributed by atoms with Crippen molar-refractivity contribution in [1.82, 2.24) is 0 Å². The Balaban J connectivity index is 1.90. The van der Waals surface area contributed by atoms with Crippen molar-refractivity contribution >= 4 is 16.5 Å². The van der Waals surface area contributed by atoms with Crippen molar-refractivity contribution in [2.75, 3.05) is 5.32 Å². The fourth-order valence-electron chi connectivity index (χ4n) is 4.57. The zero-order chi connectivity index (χ0) is 21.5. The summed E-state index contributed by atoms with van der Waals surface area (Å²) in [5.41, 5.74) is 3.14. The molecule has 0 bridgehead atoms. The summed E-state index contributed by atoms with van der Waals surface area (Å²) in [7, 11) is 0. The SMILES string of the molecule is CCc1c(C#N)ccc2c1C(Nc1cccc3cc(O)ccc13)C(C(F)(F)F)CC2. The normalized spacial score (nSPS) is 18.6. The Labute approximate surface area is 172 Å². The molecular formula is C24H21F3N2O. The van der Waals surface area contributed by atoms with E-state index < -0.39 is 18.1 Å². The van der Waals surface area contributed by atoms with E-state index in [0.29, 0.717) is 35.2 Å². The quantitative estimate of drug-likeness (QED) is 0.536. The number of halogens is 3. The van der Waals surface area contributed by atoms with E-state index in [1.807, 2.05) is 13.0 Å². The van der Waals surface area contributed by atoms with Crippen LogP contribution in [0.4, 0.5) is 18.9 Å². The van der Waals surface area contributed by atoms with Crippen molar-refractivity contribution in [2.45, 2.75) is 38.4 Å². The van der Waals surface area contributed by atoms with E-state index in [9.17, 15) is 23.5 Å². The molecule has 0 heterocycles. The van der Waals surface area contributed by atoms with Crippen molar-refractivity contribution in [2.24, 2.45) is 5.92 Å². The molecule has 2 atom stereocenters. The van der Waals surface area contributed by atoms with Crippen LogP contribution in [0.15, 0.2) is 48.5 Å². The number of nitrogens with zero attached hydrogens (tertiary/aromatic N) is 1. The van der Waals surface area contributed by atoms with E-state index in [1.165, 1.54) is 6.07 Å². The third-order valence-corrected chi connectivity index (χ3v) is 5.95. The molecule has 2 unspecified atom stereocenters. The van der Waals surface area contributed by atoms with Gasteiger partial charge in [-0.3, -0.25) is 0 Å². The highest BCUT2D eigenvalue weighted by Crippen LogP contribution is 2.47. The summed E-state index contributed by atoms with van der Waals surface area (Å²) < 4.78 is 42.1. The summed E-state index contributed by atoms with van der Waals surface area (Å²) in [6, 6.07) is 14.8. The number of fused-ring (bicyclic) bond motifs is 2. The largest absolute Gasteiger partial charge is 0.508 e. The topological polar surface area (TPSA) is 56.0 Å². The van der Waals surface area contributed by atoms with Crippen LogP contribution in [0.5, 0.6) is 5.75 Å².